The molecule has 0 fully saturated rings. The van der Waals surface area contributed by atoms with Gasteiger partial charge >= 0.3 is 0 Å². The molecule has 1 aliphatic rings. The largest absolute Gasteiger partial charge is 0.363 e. The first-order valence-corrected chi connectivity index (χ1v) is 8.61. The molecule has 0 spiro atoms. The quantitative estimate of drug-likeness (QED) is 0.816. The second kappa shape index (κ2) is 7.27. The lowest BCUT2D eigenvalue weighted by molar-refractivity contribution is -0.134. The lowest BCUT2D eigenvalue weighted by Gasteiger charge is -2.25. The minimum Gasteiger partial charge on any atom is -0.363 e. The summed E-state index contributed by atoms with van der Waals surface area (Å²) in [5.41, 5.74) is 2.15. The average Bonchev–Trinajstić information content (AvgIpc) is 2.95. The first-order valence-electron chi connectivity index (χ1n) is 8.20. The molecule has 0 radical (unpaired) electrons. The van der Waals surface area contributed by atoms with Crippen molar-refractivity contribution in [1.29, 1.82) is 0 Å². The number of aromatic nitrogens is 3. The van der Waals surface area contributed by atoms with E-state index in [9.17, 15) is 4.79 Å². The highest BCUT2D eigenvalue weighted by atomic mass is 32.1. The van der Waals surface area contributed by atoms with Gasteiger partial charge in [0, 0.05) is 19.0 Å². The Morgan fingerprint density at radius 3 is 3.08 bits per heavy atom. The Balaban J connectivity index is 1.63. The molecule has 1 aliphatic heterocycles. The highest BCUT2D eigenvalue weighted by Crippen LogP contribution is 2.26. The molecular formula is C17H22N4O2S. The number of hydrogen-bond donors (Lipinski definition) is 2. The van der Waals surface area contributed by atoms with Crippen LogP contribution in [0.3, 0.4) is 0 Å². The fraction of sp³-hybridized carbons (Fsp3) is 0.471. The van der Waals surface area contributed by atoms with Gasteiger partial charge in [0.1, 0.15) is 5.82 Å². The summed E-state index contributed by atoms with van der Waals surface area (Å²) in [5, 5.41) is 10.0. The topological polar surface area (TPSA) is 71.9 Å². The Hall–Kier alpha value is -1.99. The highest BCUT2D eigenvalue weighted by molar-refractivity contribution is 7.71. The monoisotopic (exact) mass is 346 g/mol. The summed E-state index contributed by atoms with van der Waals surface area (Å²) in [5.74, 6) is 1.05. The number of carbonyl (C=O) groups excluding carboxylic acids is 1. The van der Waals surface area contributed by atoms with Crippen molar-refractivity contribution in [2.75, 3.05) is 13.2 Å². The Morgan fingerprint density at radius 2 is 2.29 bits per heavy atom. The van der Waals surface area contributed by atoms with E-state index in [-0.39, 0.29) is 11.8 Å². The summed E-state index contributed by atoms with van der Waals surface area (Å²) in [4.78, 5) is 12.5. The van der Waals surface area contributed by atoms with Gasteiger partial charge < -0.3 is 14.6 Å². The number of ether oxygens (including phenoxy) is 1. The highest BCUT2D eigenvalue weighted by Gasteiger charge is 2.26. The summed E-state index contributed by atoms with van der Waals surface area (Å²) >= 11 is 5.26. The number of H-pyrrole nitrogens is 1. The third-order valence-electron chi connectivity index (χ3n) is 4.17. The fourth-order valence-electron chi connectivity index (χ4n) is 2.98. The number of nitrogens with zero attached hydrogens (tertiary/aromatic N) is 2. The van der Waals surface area contributed by atoms with E-state index in [1.54, 1.807) is 0 Å². The number of nitrogens with one attached hydrogen (secondary N) is 2. The van der Waals surface area contributed by atoms with Gasteiger partial charge in [-0.15, -0.1) is 0 Å². The molecule has 1 amide bonds. The second-order valence-corrected chi connectivity index (χ2v) is 6.57. The molecule has 1 atom stereocenters. The van der Waals surface area contributed by atoms with Gasteiger partial charge in [0.05, 0.1) is 6.61 Å². The minimum absolute atomic E-state index is 0.108. The van der Waals surface area contributed by atoms with Crippen molar-refractivity contribution in [3.8, 4) is 0 Å². The van der Waals surface area contributed by atoms with Gasteiger partial charge in [-0.3, -0.25) is 9.89 Å². The predicted molar refractivity (Wildman–Crippen MR) is 93.3 cm³/mol. The zero-order valence-electron chi connectivity index (χ0n) is 13.9. The van der Waals surface area contributed by atoms with Crippen molar-refractivity contribution < 1.29 is 9.53 Å². The molecule has 1 aromatic carbocycles. The molecule has 128 valence electrons. The molecule has 7 heteroatoms. The van der Waals surface area contributed by atoms with Crippen molar-refractivity contribution in [3.63, 3.8) is 0 Å². The summed E-state index contributed by atoms with van der Waals surface area (Å²) in [6.45, 7) is 5.76. The van der Waals surface area contributed by atoms with Crippen molar-refractivity contribution in [1.82, 2.24) is 20.1 Å². The SMILES string of the molecule is CC(C)c1n[nH]c(=S)n1CCNC(=O)C1OCCc2ccccc21. The van der Waals surface area contributed by atoms with Gasteiger partial charge in [-0.1, -0.05) is 38.1 Å². The van der Waals surface area contributed by atoms with Crippen LogP contribution >= 0.6 is 12.2 Å². The molecule has 6 nitrogen and oxygen atoms in total. The van der Waals surface area contributed by atoms with E-state index in [0.29, 0.717) is 24.5 Å². The number of benzene rings is 1. The Kier molecular flexibility index (Phi) is 5.11. The number of rotatable bonds is 5. The van der Waals surface area contributed by atoms with Crippen molar-refractivity contribution in [2.24, 2.45) is 0 Å². The fourth-order valence-corrected chi connectivity index (χ4v) is 3.21. The van der Waals surface area contributed by atoms with E-state index in [1.807, 2.05) is 22.8 Å². The van der Waals surface area contributed by atoms with Gasteiger partial charge in [-0.05, 0) is 29.8 Å². The lowest BCUT2D eigenvalue weighted by atomic mass is 9.97. The average molecular weight is 346 g/mol. The molecule has 2 heterocycles. The molecule has 2 aromatic rings. The van der Waals surface area contributed by atoms with Crippen LogP contribution in [0.5, 0.6) is 0 Å². The van der Waals surface area contributed by atoms with Crippen LogP contribution in [0, 0.1) is 4.77 Å². The summed E-state index contributed by atoms with van der Waals surface area (Å²) < 4.78 is 8.18. The van der Waals surface area contributed by atoms with Gasteiger partial charge in [0.15, 0.2) is 10.9 Å². The van der Waals surface area contributed by atoms with Crippen LogP contribution in [-0.4, -0.2) is 33.8 Å². The Bertz CT molecular complexity index is 781. The third kappa shape index (κ3) is 3.42. The minimum atomic E-state index is -0.531. The molecule has 1 aromatic heterocycles. The maximum absolute atomic E-state index is 12.5. The van der Waals surface area contributed by atoms with Crippen LogP contribution < -0.4 is 5.32 Å². The van der Waals surface area contributed by atoms with Crippen LogP contribution in [0.2, 0.25) is 0 Å². The zero-order valence-corrected chi connectivity index (χ0v) is 14.7. The lowest BCUT2D eigenvalue weighted by Crippen LogP contribution is -2.35. The maximum Gasteiger partial charge on any atom is 0.253 e. The van der Waals surface area contributed by atoms with Crippen LogP contribution in [0.4, 0.5) is 0 Å². The molecule has 0 aliphatic carbocycles. The summed E-state index contributed by atoms with van der Waals surface area (Å²) in [6, 6.07) is 7.94. The van der Waals surface area contributed by atoms with Crippen LogP contribution in [0.25, 0.3) is 0 Å². The molecule has 2 N–H and O–H groups in total. The second-order valence-electron chi connectivity index (χ2n) is 6.18. The normalized spacial score (nSPS) is 16.9. The third-order valence-corrected chi connectivity index (χ3v) is 4.48. The van der Waals surface area contributed by atoms with Crippen LogP contribution in [0.1, 0.15) is 42.8 Å². The van der Waals surface area contributed by atoms with Gasteiger partial charge in [-0.2, -0.15) is 5.10 Å². The predicted octanol–water partition coefficient (Wildman–Crippen LogP) is 2.49. The number of carbonyl (C=O) groups is 1. The molecule has 24 heavy (non-hydrogen) atoms. The molecule has 0 saturated heterocycles. The first kappa shape index (κ1) is 16.9. The molecule has 0 saturated carbocycles. The molecule has 0 bridgehead atoms. The van der Waals surface area contributed by atoms with E-state index >= 15 is 0 Å². The van der Waals surface area contributed by atoms with E-state index < -0.39 is 6.10 Å². The first-order chi connectivity index (χ1) is 11.6. The van der Waals surface area contributed by atoms with Crippen LogP contribution in [-0.2, 0) is 22.5 Å². The smallest absolute Gasteiger partial charge is 0.253 e. The number of hydrogen-bond acceptors (Lipinski definition) is 4. The van der Waals surface area contributed by atoms with Gasteiger partial charge in [-0.25, -0.2) is 0 Å². The zero-order chi connectivity index (χ0) is 17.1. The van der Waals surface area contributed by atoms with E-state index in [0.717, 1.165) is 17.8 Å². The van der Waals surface area contributed by atoms with Crippen molar-refractivity contribution in [2.45, 2.75) is 38.8 Å². The van der Waals surface area contributed by atoms with Crippen molar-refractivity contribution in [3.05, 3.63) is 46.0 Å². The Morgan fingerprint density at radius 1 is 1.50 bits per heavy atom. The van der Waals surface area contributed by atoms with E-state index in [2.05, 4.69) is 35.4 Å². The van der Waals surface area contributed by atoms with E-state index in [4.69, 9.17) is 17.0 Å². The van der Waals surface area contributed by atoms with E-state index in [1.165, 1.54) is 5.56 Å². The van der Waals surface area contributed by atoms with Crippen molar-refractivity contribution >= 4 is 18.1 Å². The molecular weight excluding hydrogens is 324 g/mol. The summed E-state index contributed by atoms with van der Waals surface area (Å²) in [6.07, 6.45) is 0.318. The molecule has 1 unspecified atom stereocenters. The maximum atomic E-state index is 12.5. The standard InChI is InChI=1S/C17H22N4O2S/c1-11(2)15-19-20-17(24)21(15)9-8-18-16(22)14-13-6-4-3-5-12(13)7-10-23-14/h3-6,11,14H,7-10H2,1-2H3,(H,18,22)(H,20,24). The Labute approximate surface area is 146 Å². The van der Waals surface area contributed by atoms with Gasteiger partial charge in [0.25, 0.3) is 5.91 Å². The number of fused-ring (bicyclic) bond motifs is 1. The number of aromatic amines is 1. The summed E-state index contributed by atoms with van der Waals surface area (Å²) in [7, 11) is 0. The van der Waals surface area contributed by atoms with Crippen LogP contribution in [0.15, 0.2) is 24.3 Å². The molecule has 3 rings (SSSR count). The van der Waals surface area contributed by atoms with Gasteiger partial charge in [0.2, 0.25) is 0 Å². The number of amides is 1.